The van der Waals surface area contributed by atoms with Crippen LogP contribution in [-0.4, -0.2) is 70.4 Å². The van der Waals surface area contributed by atoms with Gasteiger partial charge in [-0.25, -0.2) is 0 Å². The van der Waals surface area contributed by atoms with Gasteiger partial charge in [-0.15, -0.1) is 0 Å². The number of aromatic nitrogens is 2. The van der Waals surface area contributed by atoms with Gasteiger partial charge in [-0.3, -0.25) is 24.2 Å². The predicted molar refractivity (Wildman–Crippen MR) is 381 cm³/mol. The van der Waals surface area contributed by atoms with Gasteiger partial charge >= 0.3 is 35.4 Å². The average molecular weight is 1270 g/mol. The quantitative estimate of drug-likeness (QED) is 0.307. The van der Waals surface area contributed by atoms with Crippen molar-refractivity contribution in [1.29, 1.82) is 0 Å². The summed E-state index contributed by atoms with van der Waals surface area (Å²) in [4.78, 5) is 48.8. The molecule has 0 saturated carbocycles. The van der Waals surface area contributed by atoms with Crippen LogP contribution in [0.25, 0.3) is 0 Å². The predicted octanol–water partition coefficient (Wildman–Crippen LogP) is 18.7. The number of nitrogens with zero attached hydrogens (tertiary/aromatic N) is 3. The Morgan fingerprint density at radius 1 is 0.398 bits per heavy atom. The first-order valence-electron chi connectivity index (χ1n) is 33.8. The topological polar surface area (TPSA) is 87.6 Å². The van der Waals surface area contributed by atoms with Crippen molar-refractivity contribution in [3.8, 4) is 0 Å². The maximum atomic E-state index is 12.1. The van der Waals surface area contributed by atoms with Gasteiger partial charge in [-0.2, -0.15) is 11.4 Å². The summed E-state index contributed by atoms with van der Waals surface area (Å²) >= 11 is 0. The van der Waals surface area contributed by atoms with E-state index in [0.717, 1.165) is 23.7 Å². The van der Waals surface area contributed by atoms with Crippen LogP contribution in [0.1, 0.15) is 328 Å². The zero-order valence-corrected chi connectivity index (χ0v) is 68.9. The second kappa shape index (κ2) is 32.8. The summed E-state index contributed by atoms with van der Waals surface area (Å²) < 4.78 is 0. The van der Waals surface area contributed by atoms with Crippen molar-refractivity contribution in [2.24, 2.45) is 73.4 Å². The SMILES string of the molecule is CC(C(=O)C(C)(C)C)C(C)C(=O)C(C)(C)C.CC1C(C)C(C(C)(C)C)N(C)C1C(C)(C)C.CC1C(C)C(C(C)(C)C)N(C)C1C(C)(C)C.CCC(=O)C(C)(C)C.Cc1c(C(C)(C)C)[n-]c(C(C)(C)C)c1C.Cc1c(C(C)(C)C)[nH]c(C(C)(C)C)c1C.[Li+].[Ni+2]. The van der Waals surface area contributed by atoms with Crippen molar-refractivity contribution < 1.29 is 49.7 Å². The molecule has 0 bridgehead atoms. The number of Topliss-reactive ketones (excluding diaryl/α,β-unsaturated/α-hetero) is 3. The molecule has 2 aromatic heterocycles. The van der Waals surface area contributed by atoms with E-state index in [1.165, 1.54) is 45.0 Å². The fourth-order valence-electron chi connectivity index (χ4n) is 15.2. The molecule has 2 fully saturated rings. The summed E-state index contributed by atoms with van der Waals surface area (Å²) in [5.41, 5.74) is 12.2. The van der Waals surface area contributed by atoms with Crippen molar-refractivity contribution in [3.05, 3.63) is 45.0 Å². The van der Waals surface area contributed by atoms with Crippen LogP contribution in [0.5, 0.6) is 0 Å². The van der Waals surface area contributed by atoms with Gasteiger partial charge < -0.3 is 9.97 Å². The van der Waals surface area contributed by atoms with Gasteiger partial charge in [-0.05, 0) is 109 Å². The number of ketones is 3. The van der Waals surface area contributed by atoms with Crippen LogP contribution in [-0.2, 0) is 52.5 Å². The molecule has 4 rings (SSSR count). The first-order chi connectivity index (χ1) is 37.4. The maximum Gasteiger partial charge on any atom is 2.00 e. The van der Waals surface area contributed by atoms with Crippen LogP contribution in [0.3, 0.4) is 0 Å². The van der Waals surface area contributed by atoms with Crippen molar-refractivity contribution in [2.45, 2.75) is 357 Å². The average Bonchev–Trinajstić information content (AvgIpc) is 3.92. The number of carbonyl (C=O) groups excluding carboxylic acids is 3. The minimum atomic E-state index is -0.369. The Bertz CT molecular complexity index is 2170. The molecule has 0 aliphatic carbocycles. The number of nitrogens with one attached hydrogen (secondary N) is 1. The van der Waals surface area contributed by atoms with E-state index in [-0.39, 0.29) is 96.7 Å². The molecule has 0 radical (unpaired) electrons. The van der Waals surface area contributed by atoms with Gasteiger partial charge in [0, 0.05) is 80.9 Å². The molecule has 9 heteroatoms. The third-order valence-corrected chi connectivity index (χ3v) is 19.1. The van der Waals surface area contributed by atoms with Crippen LogP contribution in [0.4, 0.5) is 0 Å². The van der Waals surface area contributed by atoms with Gasteiger partial charge in [0.05, 0.1) is 0 Å². The van der Waals surface area contributed by atoms with Gasteiger partial charge in [-0.1, -0.05) is 288 Å². The molecular weight excluding hydrogens is 1120 g/mol. The Balaban J connectivity index is -0.000000484. The number of hydrogen-bond acceptors (Lipinski definition) is 5. The molecular formula is C79H151LiN4NiO3+2. The minimum absolute atomic E-state index is 0. The molecule has 2 aromatic rings. The number of rotatable bonds is 4. The van der Waals surface area contributed by atoms with Gasteiger partial charge in [0.1, 0.15) is 17.3 Å². The van der Waals surface area contributed by atoms with Crippen LogP contribution < -0.4 is 23.8 Å². The van der Waals surface area contributed by atoms with Crippen molar-refractivity contribution in [1.82, 2.24) is 19.8 Å². The van der Waals surface area contributed by atoms with E-state index in [1.54, 1.807) is 0 Å². The van der Waals surface area contributed by atoms with E-state index in [9.17, 15) is 14.4 Å². The molecule has 10 unspecified atom stereocenters. The monoisotopic (exact) mass is 1270 g/mol. The summed E-state index contributed by atoms with van der Waals surface area (Å²) in [6.45, 7) is 96.9. The number of carbonyl (C=O) groups is 3. The molecule has 7 nitrogen and oxygen atoms in total. The van der Waals surface area contributed by atoms with Crippen LogP contribution in [0.15, 0.2) is 0 Å². The molecule has 10 atom stereocenters. The summed E-state index contributed by atoms with van der Waals surface area (Å²) in [7, 11) is 4.65. The number of hydrogen-bond donors (Lipinski definition) is 1. The molecule has 88 heavy (non-hydrogen) atoms. The molecule has 2 aliphatic heterocycles. The molecule has 2 saturated heterocycles. The minimum Gasteiger partial charge on any atom is -0.663 e. The van der Waals surface area contributed by atoms with Crippen LogP contribution in [0, 0.1) is 101 Å². The van der Waals surface area contributed by atoms with Crippen molar-refractivity contribution >= 4 is 17.3 Å². The molecule has 0 amide bonds. The van der Waals surface area contributed by atoms with E-state index >= 15 is 0 Å². The Morgan fingerprint density at radius 2 is 0.602 bits per heavy atom. The summed E-state index contributed by atoms with van der Waals surface area (Å²) in [5, 5.41) is 0. The third kappa shape index (κ3) is 26.1. The van der Waals surface area contributed by atoms with E-state index in [0.29, 0.717) is 58.0 Å². The second-order valence-electron chi connectivity index (χ2n) is 39.0. The standard InChI is InChI=1S/2C15H31N.C14H25N.C14H24N.C14H26O2.C7H14O.Li.Ni/c2*1-10-11(2)13(15(6,7)8)16(9)12(10)14(3,4)5;2*1-9-10(2)12(14(6,7)8)15-11(9)13(3,4)5;1-9(11(15)13(3,4)5)10(2)12(16)14(6,7)8;1-5-6(8)7(2,3)4;;/h2*10-13H,1-9H3;15H,1-8H3;1-8H3;9-10H,1-8H3;5H2,1-4H3;;/q;;;-1;;;+1;+2. The normalized spacial score (nSPS) is 22.5. The van der Waals surface area contributed by atoms with Crippen LogP contribution in [0.2, 0.25) is 0 Å². The molecule has 0 aromatic carbocycles. The van der Waals surface area contributed by atoms with E-state index in [4.69, 9.17) is 4.98 Å². The molecule has 0 spiro atoms. The van der Waals surface area contributed by atoms with E-state index < -0.39 is 0 Å². The van der Waals surface area contributed by atoms with E-state index in [2.05, 4.69) is 250 Å². The van der Waals surface area contributed by atoms with Gasteiger partial charge in [0.2, 0.25) is 0 Å². The first-order valence-corrected chi connectivity index (χ1v) is 33.8. The Labute approximate surface area is 572 Å². The van der Waals surface area contributed by atoms with Gasteiger partial charge in [0.25, 0.3) is 0 Å². The fraction of sp³-hybridized carbons (Fsp3) is 0.861. The fourth-order valence-corrected chi connectivity index (χ4v) is 15.2. The Morgan fingerprint density at radius 3 is 0.693 bits per heavy atom. The summed E-state index contributed by atoms with van der Waals surface area (Å²) in [6.07, 6.45) is 0.656. The second-order valence-corrected chi connectivity index (χ2v) is 39.0. The molecule has 4 heterocycles. The van der Waals surface area contributed by atoms with Crippen molar-refractivity contribution in [3.63, 3.8) is 0 Å². The van der Waals surface area contributed by atoms with Crippen LogP contribution >= 0.6 is 0 Å². The van der Waals surface area contributed by atoms with Gasteiger partial charge in [0.15, 0.2) is 0 Å². The van der Waals surface area contributed by atoms with E-state index in [1.807, 2.05) is 83.1 Å². The summed E-state index contributed by atoms with van der Waals surface area (Å²) in [5.74, 6) is 3.40. The Kier molecular flexibility index (Phi) is 34.7. The zero-order valence-electron chi connectivity index (χ0n) is 67.9. The smallest absolute Gasteiger partial charge is 0.663 e. The molecule has 1 N–H and O–H groups in total. The molecule has 2 aliphatic rings. The largest absolute Gasteiger partial charge is 2.00 e. The first kappa shape index (κ1) is 93.0. The Hall–Kier alpha value is -1.42. The number of H-pyrrole nitrogens is 1. The number of likely N-dealkylation sites (tertiary alicyclic amines) is 2. The summed E-state index contributed by atoms with van der Waals surface area (Å²) in [6, 6.07) is 2.80. The maximum absolute atomic E-state index is 12.1. The number of aromatic amines is 1. The molecule has 514 valence electrons. The zero-order chi connectivity index (χ0) is 69.9. The van der Waals surface area contributed by atoms with Crippen molar-refractivity contribution in [2.75, 3.05) is 14.1 Å². The third-order valence-electron chi connectivity index (χ3n) is 19.1.